The van der Waals surface area contributed by atoms with Gasteiger partial charge in [-0.2, -0.15) is 13.2 Å². The maximum atomic E-state index is 12.1. The summed E-state index contributed by atoms with van der Waals surface area (Å²) in [5.41, 5.74) is 0. The Bertz CT molecular complexity index is 233. The number of aliphatic hydroxyl groups is 1. The van der Waals surface area contributed by atoms with Gasteiger partial charge in [0.25, 0.3) is 0 Å². The Morgan fingerprint density at radius 2 is 2.07 bits per heavy atom. The molecule has 1 rings (SSSR count). The quantitative estimate of drug-likeness (QED) is 0.616. The smallest absolute Gasteiger partial charge is 0.394 e. The molecule has 0 aromatic rings. The van der Waals surface area contributed by atoms with E-state index in [4.69, 9.17) is 13.0 Å². The Labute approximate surface area is 80.3 Å². The molecule has 1 fully saturated rings. The number of nitrogens with zero attached hydrogens (tertiary/aromatic N) is 1. The van der Waals surface area contributed by atoms with Crippen LogP contribution in [0.2, 0.25) is 0 Å². The number of hydrogen-bond donors (Lipinski definition) is 1. The van der Waals surface area contributed by atoms with Crippen LogP contribution in [0.4, 0.5) is 13.2 Å². The molecule has 2 atom stereocenters. The van der Waals surface area contributed by atoms with Gasteiger partial charge in [-0.25, -0.2) is 0 Å². The Hall–Kier alpha value is -0.715. The molecule has 1 N–H and O–H groups in total. The van der Waals surface area contributed by atoms with Gasteiger partial charge in [0.1, 0.15) is 0 Å². The number of likely N-dealkylation sites (tertiary alicyclic amines) is 1. The van der Waals surface area contributed by atoms with Gasteiger partial charge in [-0.1, -0.05) is 0 Å². The van der Waals surface area contributed by atoms with Crippen LogP contribution in [0.15, 0.2) is 0 Å². The van der Waals surface area contributed by atoms with Crippen molar-refractivity contribution in [1.82, 2.24) is 4.90 Å². The number of carbonyl (C=O) groups excluding carboxylic acids is 1. The third-order valence-corrected chi connectivity index (χ3v) is 2.23. The maximum absolute atomic E-state index is 12.1. The van der Waals surface area contributed by atoms with Gasteiger partial charge in [-0.3, -0.25) is 4.79 Å². The summed E-state index contributed by atoms with van der Waals surface area (Å²) in [4.78, 5) is 11.4. The SMILES string of the molecule is [B][C@H]1CC[C@@H](CO)N1C(=O)C(F)(F)F. The summed E-state index contributed by atoms with van der Waals surface area (Å²) in [5.74, 6) is -2.91. The highest BCUT2D eigenvalue weighted by Crippen LogP contribution is 2.28. The van der Waals surface area contributed by atoms with E-state index in [1.54, 1.807) is 0 Å². The monoisotopic (exact) mass is 207 g/mol. The van der Waals surface area contributed by atoms with Crippen molar-refractivity contribution in [3.63, 3.8) is 0 Å². The van der Waals surface area contributed by atoms with E-state index >= 15 is 0 Å². The lowest BCUT2D eigenvalue weighted by atomic mass is 9.94. The van der Waals surface area contributed by atoms with Crippen molar-refractivity contribution in [1.29, 1.82) is 0 Å². The van der Waals surface area contributed by atoms with Crippen molar-refractivity contribution in [2.75, 3.05) is 6.61 Å². The number of rotatable bonds is 1. The molecule has 14 heavy (non-hydrogen) atoms. The summed E-state index contributed by atoms with van der Waals surface area (Å²) in [6.45, 7) is -0.491. The van der Waals surface area contributed by atoms with E-state index in [2.05, 4.69) is 0 Å². The largest absolute Gasteiger partial charge is 0.471 e. The van der Waals surface area contributed by atoms with Gasteiger partial charge in [-0.15, -0.1) is 0 Å². The minimum absolute atomic E-state index is 0.285. The van der Waals surface area contributed by atoms with Crippen LogP contribution < -0.4 is 0 Å². The standard InChI is InChI=1S/C7H9BF3NO2/c8-5-2-1-4(3-13)12(5)6(14)7(9,10)11/h4-5,13H,1-3H2/t4-,5+/m0/s1. The zero-order valence-electron chi connectivity index (χ0n) is 7.29. The van der Waals surface area contributed by atoms with Gasteiger partial charge in [0.05, 0.1) is 20.5 Å². The van der Waals surface area contributed by atoms with E-state index < -0.39 is 30.7 Å². The molecule has 1 heterocycles. The first-order valence-electron chi connectivity index (χ1n) is 4.14. The van der Waals surface area contributed by atoms with Crippen LogP contribution in [-0.4, -0.2) is 48.5 Å². The van der Waals surface area contributed by atoms with Gasteiger partial charge in [-0.05, 0) is 18.8 Å². The van der Waals surface area contributed by atoms with Crippen molar-refractivity contribution in [2.45, 2.75) is 31.0 Å². The Balaban J connectivity index is 2.79. The van der Waals surface area contributed by atoms with E-state index in [0.717, 1.165) is 0 Å². The first-order valence-corrected chi connectivity index (χ1v) is 4.14. The van der Waals surface area contributed by atoms with Gasteiger partial charge in [0.15, 0.2) is 0 Å². The molecule has 3 nitrogen and oxygen atoms in total. The topological polar surface area (TPSA) is 40.5 Å². The average molecular weight is 207 g/mol. The maximum Gasteiger partial charge on any atom is 0.471 e. The molecule has 1 amide bonds. The number of halogens is 3. The summed E-state index contributed by atoms with van der Waals surface area (Å²) in [6, 6.07) is -0.806. The molecule has 7 heteroatoms. The van der Waals surface area contributed by atoms with Gasteiger partial charge in [0.2, 0.25) is 0 Å². The van der Waals surface area contributed by atoms with Crippen LogP contribution in [-0.2, 0) is 4.79 Å². The Morgan fingerprint density at radius 3 is 2.50 bits per heavy atom. The lowest BCUT2D eigenvalue weighted by Crippen LogP contribution is -2.49. The van der Waals surface area contributed by atoms with Crippen LogP contribution in [0.3, 0.4) is 0 Å². The number of hydrogen-bond acceptors (Lipinski definition) is 2. The number of amides is 1. The van der Waals surface area contributed by atoms with Crippen molar-refractivity contribution in [3.05, 3.63) is 0 Å². The van der Waals surface area contributed by atoms with Crippen LogP contribution in [0.25, 0.3) is 0 Å². The molecule has 0 aromatic carbocycles. The first kappa shape index (κ1) is 11.4. The zero-order chi connectivity index (χ0) is 10.9. The second kappa shape index (κ2) is 3.80. The highest BCUT2D eigenvalue weighted by molar-refractivity contribution is 6.13. The lowest BCUT2D eigenvalue weighted by molar-refractivity contribution is -0.187. The van der Waals surface area contributed by atoms with Crippen molar-refractivity contribution in [2.24, 2.45) is 0 Å². The second-order valence-corrected chi connectivity index (χ2v) is 3.19. The van der Waals surface area contributed by atoms with Gasteiger partial charge in [0, 0.05) is 0 Å². The average Bonchev–Trinajstić information content (AvgIpc) is 2.43. The summed E-state index contributed by atoms with van der Waals surface area (Å²) in [6.07, 6.45) is -4.33. The minimum Gasteiger partial charge on any atom is -0.394 e. The van der Waals surface area contributed by atoms with Crippen molar-refractivity contribution in [3.8, 4) is 0 Å². The van der Waals surface area contributed by atoms with E-state index in [1.807, 2.05) is 0 Å². The predicted molar refractivity (Wildman–Crippen MR) is 42.6 cm³/mol. The van der Waals surface area contributed by atoms with Crippen LogP contribution in [0.5, 0.6) is 0 Å². The van der Waals surface area contributed by atoms with E-state index in [1.165, 1.54) is 0 Å². The molecule has 1 aliphatic heterocycles. The van der Waals surface area contributed by atoms with E-state index in [9.17, 15) is 18.0 Å². The first-order chi connectivity index (χ1) is 6.38. The van der Waals surface area contributed by atoms with Crippen molar-refractivity contribution < 1.29 is 23.1 Å². The number of aliphatic hydroxyl groups excluding tert-OH is 1. The minimum atomic E-state index is -4.92. The summed E-state index contributed by atoms with van der Waals surface area (Å²) >= 11 is 0. The molecule has 0 aliphatic carbocycles. The molecule has 0 saturated carbocycles. The van der Waals surface area contributed by atoms with Crippen LogP contribution >= 0.6 is 0 Å². The molecule has 78 valence electrons. The fraction of sp³-hybridized carbons (Fsp3) is 0.857. The second-order valence-electron chi connectivity index (χ2n) is 3.19. The van der Waals surface area contributed by atoms with Crippen molar-refractivity contribution >= 4 is 13.8 Å². The highest BCUT2D eigenvalue weighted by atomic mass is 19.4. The fourth-order valence-electron chi connectivity index (χ4n) is 1.55. The molecule has 1 aliphatic rings. The molecule has 0 bridgehead atoms. The molecule has 0 aromatic heterocycles. The van der Waals surface area contributed by atoms with Gasteiger partial charge < -0.3 is 10.0 Å². The van der Waals surface area contributed by atoms with E-state index in [-0.39, 0.29) is 6.42 Å². The molecular formula is C7H9BF3NO2. The molecule has 2 radical (unpaired) electrons. The number of alkyl halides is 3. The van der Waals surface area contributed by atoms with Crippen LogP contribution in [0, 0.1) is 0 Å². The molecular weight excluding hydrogens is 198 g/mol. The predicted octanol–water partition coefficient (Wildman–Crippen LogP) is 0.0266. The van der Waals surface area contributed by atoms with E-state index in [0.29, 0.717) is 11.3 Å². The van der Waals surface area contributed by atoms with Gasteiger partial charge >= 0.3 is 12.1 Å². The third kappa shape index (κ3) is 2.02. The summed E-state index contributed by atoms with van der Waals surface area (Å²) in [7, 11) is 5.34. The molecule has 0 unspecified atom stereocenters. The Kier molecular flexibility index (Phi) is 3.09. The fourth-order valence-corrected chi connectivity index (χ4v) is 1.55. The molecule has 0 spiro atoms. The summed E-state index contributed by atoms with van der Waals surface area (Å²) in [5, 5.41) is 8.75. The lowest BCUT2D eigenvalue weighted by Gasteiger charge is -2.28. The van der Waals surface area contributed by atoms with Crippen LogP contribution in [0.1, 0.15) is 12.8 Å². The zero-order valence-corrected chi connectivity index (χ0v) is 7.29. The third-order valence-electron chi connectivity index (χ3n) is 2.23. The normalized spacial score (nSPS) is 28.1. The molecule has 1 saturated heterocycles. The summed E-state index contributed by atoms with van der Waals surface area (Å²) < 4.78 is 36.2. The highest BCUT2D eigenvalue weighted by Gasteiger charge is 2.47. The Morgan fingerprint density at radius 1 is 1.50 bits per heavy atom. The number of carbonyl (C=O) groups is 1.